The van der Waals surface area contributed by atoms with Crippen LogP contribution in [0, 0.1) is 0 Å². The molecule has 0 aliphatic carbocycles. The molecule has 0 saturated carbocycles. The molecule has 2 aromatic rings. The van der Waals surface area contributed by atoms with Crippen LogP contribution >= 0.6 is 0 Å². The molecule has 27 heavy (non-hydrogen) atoms. The van der Waals surface area contributed by atoms with Gasteiger partial charge in [0.2, 0.25) is 0 Å². The van der Waals surface area contributed by atoms with Gasteiger partial charge in [-0.2, -0.15) is 0 Å². The van der Waals surface area contributed by atoms with E-state index in [4.69, 9.17) is 4.74 Å². The van der Waals surface area contributed by atoms with Crippen molar-refractivity contribution in [3.05, 3.63) is 59.7 Å². The molecule has 2 heterocycles. The second kappa shape index (κ2) is 8.79. The first-order valence-corrected chi connectivity index (χ1v) is 10.5. The summed E-state index contributed by atoms with van der Waals surface area (Å²) in [6, 6.07) is 17.3. The zero-order chi connectivity index (χ0) is 18.5. The lowest BCUT2D eigenvalue weighted by Gasteiger charge is -2.32. The smallest absolute Gasteiger partial charge is 0.122 e. The molecular formula is C24H32N2O. The molecular weight excluding hydrogens is 332 g/mol. The maximum atomic E-state index is 5.56. The molecule has 0 amide bonds. The van der Waals surface area contributed by atoms with E-state index in [0.29, 0.717) is 11.8 Å². The van der Waals surface area contributed by atoms with Crippen LogP contribution in [0.3, 0.4) is 0 Å². The summed E-state index contributed by atoms with van der Waals surface area (Å²) in [4.78, 5) is 2.66. The number of ether oxygens (including phenoxy) is 1. The molecule has 0 bridgehead atoms. The lowest BCUT2D eigenvalue weighted by atomic mass is 9.88. The van der Waals surface area contributed by atoms with E-state index >= 15 is 0 Å². The van der Waals surface area contributed by atoms with Crippen molar-refractivity contribution in [1.82, 2.24) is 4.90 Å². The summed E-state index contributed by atoms with van der Waals surface area (Å²) >= 11 is 0. The molecule has 3 heteroatoms. The summed E-state index contributed by atoms with van der Waals surface area (Å²) in [7, 11) is 1.78. The quantitative estimate of drug-likeness (QED) is 0.679. The largest absolute Gasteiger partial charge is 0.496 e. The highest BCUT2D eigenvalue weighted by Crippen LogP contribution is 2.35. The van der Waals surface area contributed by atoms with Gasteiger partial charge in [-0.3, -0.25) is 0 Å². The minimum absolute atomic E-state index is 0.651. The van der Waals surface area contributed by atoms with Crippen LogP contribution in [0.25, 0.3) is 0 Å². The van der Waals surface area contributed by atoms with E-state index in [2.05, 4.69) is 58.7 Å². The molecule has 2 aliphatic rings. The van der Waals surface area contributed by atoms with Crippen molar-refractivity contribution < 1.29 is 4.74 Å². The van der Waals surface area contributed by atoms with Gasteiger partial charge in [-0.15, -0.1) is 0 Å². The topological polar surface area (TPSA) is 24.5 Å². The monoisotopic (exact) mass is 364 g/mol. The molecule has 1 unspecified atom stereocenters. The van der Waals surface area contributed by atoms with Gasteiger partial charge in [-0.25, -0.2) is 0 Å². The van der Waals surface area contributed by atoms with E-state index in [9.17, 15) is 0 Å². The minimum atomic E-state index is 0.651. The van der Waals surface area contributed by atoms with Gasteiger partial charge < -0.3 is 15.0 Å². The number of fused-ring (bicyclic) bond motifs is 1. The molecule has 4 rings (SSSR count). The average Bonchev–Trinajstić information content (AvgIpc) is 3.15. The number of likely N-dealkylation sites (tertiary alicyclic amines) is 1. The predicted molar refractivity (Wildman–Crippen MR) is 113 cm³/mol. The molecule has 1 N–H and O–H groups in total. The van der Waals surface area contributed by atoms with Crippen LogP contribution in [-0.4, -0.2) is 38.2 Å². The standard InChI is InChI=1S/C24H32N2O/c1-27-24-12-5-3-10-22(24)19-13-16-26(17-14-19)15-7-6-8-20-18-25-23-11-4-2-9-21(20)23/h2-5,9-12,19-20,25H,6-8,13-18H2,1H3. The Kier molecular flexibility index (Phi) is 5.98. The molecule has 144 valence electrons. The van der Waals surface area contributed by atoms with Crippen LogP contribution < -0.4 is 10.1 Å². The van der Waals surface area contributed by atoms with E-state index in [1.807, 2.05) is 0 Å². The number of hydrogen-bond acceptors (Lipinski definition) is 3. The Hall–Kier alpha value is -2.00. The van der Waals surface area contributed by atoms with Crippen LogP contribution in [0.1, 0.15) is 55.1 Å². The predicted octanol–water partition coefficient (Wildman–Crippen LogP) is 5.25. The summed E-state index contributed by atoms with van der Waals surface area (Å²) in [5.41, 5.74) is 4.27. The van der Waals surface area contributed by atoms with E-state index in [-0.39, 0.29) is 0 Å². The summed E-state index contributed by atoms with van der Waals surface area (Å²) in [5, 5.41) is 3.55. The number of nitrogens with zero attached hydrogens (tertiary/aromatic N) is 1. The molecule has 3 nitrogen and oxygen atoms in total. The van der Waals surface area contributed by atoms with Gasteiger partial charge in [0.1, 0.15) is 5.75 Å². The third-order valence-electron chi connectivity index (χ3n) is 6.38. The third-order valence-corrected chi connectivity index (χ3v) is 6.38. The van der Waals surface area contributed by atoms with Crippen molar-refractivity contribution in [3.8, 4) is 5.75 Å². The van der Waals surface area contributed by atoms with Crippen molar-refractivity contribution in [2.45, 2.75) is 43.9 Å². The highest BCUT2D eigenvalue weighted by Gasteiger charge is 2.23. The Morgan fingerprint density at radius 2 is 1.70 bits per heavy atom. The normalized spacial score (nSPS) is 20.3. The van der Waals surface area contributed by atoms with Crippen LogP contribution in [0.5, 0.6) is 5.75 Å². The van der Waals surface area contributed by atoms with Crippen LogP contribution in [0.15, 0.2) is 48.5 Å². The lowest BCUT2D eigenvalue weighted by Crippen LogP contribution is -2.33. The number of anilines is 1. The number of para-hydroxylation sites is 2. The number of unbranched alkanes of at least 4 members (excludes halogenated alkanes) is 1. The zero-order valence-corrected chi connectivity index (χ0v) is 16.5. The van der Waals surface area contributed by atoms with Gasteiger partial charge in [0, 0.05) is 18.2 Å². The Bertz CT molecular complexity index is 737. The zero-order valence-electron chi connectivity index (χ0n) is 16.5. The van der Waals surface area contributed by atoms with Crippen molar-refractivity contribution in [2.24, 2.45) is 0 Å². The van der Waals surface area contributed by atoms with Crippen LogP contribution in [0.2, 0.25) is 0 Å². The minimum Gasteiger partial charge on any atom is -0.496 e. The van der Waals surface area contributed by atoms with Crippen LogP contribution in [0.4, 0.5) is 5.69 Å². The highest BCUT2D eigenvalue weighted by atomic mass is 16.5. The number of rotatable bonds is 7. The summed E-state index contributed by atoms with van der Waals surface area (Å²) in [6.45, 7) is 4.80. The van der Waals surface area contributed by atoms with E-state index in [1.165, 1.54) is 68.6 Å². The Balaban J connectivity index is 1.18. The van der Waals surface area contributed by atoms with E-state index < -0.39 is 0 Å². The van der Waals surface area contributed by atoms with E-state index in [0.717, 1.165) is 12.3 Å². The average molecular weight is 365 g/mol. The van der Waals surface area contributed by atoms with E-state index in [1.54, 1.807) is 7.11 Å². The van der Waals surface area contributed by atoms with Gasteiger partial charge in [0.05, 0.1) is 7.11 Å². The molecule has 1 fully saturated rings. The fourth-order valence-electron chi connectivity index (χ4n) is 4.81. The van der Waals surface area contributed by atoms with Gasteiger partial charge in [-0.1, -0.05) is 42.8 Å². The van der Waals surface area contributed by atoms with Gasteiger partial charge in [-0.05, 0) is 74.5 Å². The summed E-state index contributed by atoms with van der Waals surface area (Å²) in [5.74, 6) is 2.41. The Morgan fingerprint density at radius 1 is 0.963 bits per heavy atom. The summed E-state index contributed by atoms with van der Waals surface area (Å²) in [6.07, 6.45) is 6.45. The first-order valence-electron chi connectivity index (χ1n) is 10.5. The van der Waals surface area contributed by atoms with Crippen molar-refractivity contribution >= 4 is 5.69 Å². The Morgan fingerprint density at radius 3 is 2.52 bits per heavy atom. The molecule has 1 atom stereocenters. The second-order valence-electron chi connectivity index (χ2n) is 8.02. The number of methoxy groups -OCH3 is 1. The van der Waals surface area contributed by atoms with Crippen LogP contribution in [-0.2, 0) is 0 Å². The molecule has 1 saturated heterocycles. The fraction of sp³-hybridized carbons (Fsp3) is 0.500. The molecule has 2 aromatic carbocycles. The van der Waals surface area contributed by atoms with Crippen molar-refractivity contribution in [2.75, 3.05) is 38.6 Å². The molecule has 2 aliphatic heterocycles. The second-order valence-corrected chi connectivity index (χ2v) is 8.02. The van der Waals surface area contributed by atoms with Crippen molar-refractivity contribution in [1.29, 1.82) is 0 Å². The SMILES string of the molecule is COc1ccccc1C1CCN(CCCCC2CNc3ccccc32)CC1. The van der Waals surface area contributed by atoms with Gasteiger partial charge >= 0.3 is 0 Å². The van der Waals surface area contributed by atoms with Crippen molar-refractivity contribution in [3.63, 3.8) is 0 Å². The highest BCUT2D eigenvalue weighted by molar-refractivity contribution is 5.57. The number of benzene rings is 2. The Labute approximate surface area is 163 Å². The maximum Gasteiger partial charge on any atom is 0.122 e. The number of piperidine rings is 1. The first kappa shape index (κ1) is 18.4. The number of nitrogens with one attached hydrogen (secondary N) is 1. The number of hydrogen-bond donors (Lipinski definition) is 1. The summed E-state index contributed by atoms with van der Waals surface area (Å²) < 4.78 is 5.56. The molecule has 0 spiro atoms. The third kappa shape index (κ3) is 4.30. The molecule has 0 aromatic heterocycles. The first-order chi connectivity index (χ1) is 13.3. The fourth-order valence-corrected chi connectivity index (χ4v) is 4.81. The molecule has 0 radical (unpaired) electrons. The lowest BCUT2D eigenvalue weighted by molar-refractivity contribution is 0.206. The van der Waals surface area contributed by atoms with Gasteiger partial charge in [0.15, 0.2) is 0 Å². The maximum absolute atomic E-state index is 5.56. The van der Waals surface area contributed by atoms with Gasteiger partial charge in [0.25, 0.3) is 0 Å².